The smallest absolute Gasteiger partial charge is 0.194 e. The molecule has 0 radical (unpaired) electrons. The molecule has 0 aliphatic rings. The molecule has 0 spiro atoms. The van der Waals surface area contributed by atoms with Gasteiger partial charge in [-0.2, -0.15) is 10.2 Å². The van der Waals surface area contributed by atoms with Gasteiger partial charge in [0, 0.05) is 51.3 Å². The van der Waals surface area contributed by atoms with Gasteiger partial charge in [0.1, 0.15) is 0 Å². The summed E-state index contributed by atoms with van der Waals surface area (Å²) in [6, 6.07) is 10.3. The summed E-state index contributed by atoms with van der Waals surface area (Å²) < 4.78 is 3.74. The topological polar surface area (TPSA) is 63.3 Å². The maximum atomic E-state index is 4.84. The minimum atomic E-state index is 0.396. The number of aryl methyl sites for hydroxylation is 1. The van der Waals surface area contributed by atoms with E-state index >= 15 is 0 Å². The van der Waals surface area contributed by atoms with Crippen LogP contribution in [0.2, 0.25) is 0 Å². The highest BCUT2D eigenvalue weighted by Gasteiger charge is 2.15. The van der Waals surface area contributed by atoms with Crippen LogP contribution >= 0.6 is 0 Å². The number of hydrogen-bond donors (Lipinski definition) is 1. The molecule has 154 valence electrons. The number of aliphatic imine (C=N–C) groups is 1. The van der Waals surface area contributed by atoms with Crippen LogP contribution < -0.4 is 5.32 Å². The fourth-order valence-electron chi connectivity index (χ4n) is 3.30. The minimum absolute atomic E-state index is 0.396. The van der Waals surface area contributed by atoms with Crippen LogP contribution in [0.25, 0.3) is 5.69 Å². The van der Waals surface area contributed by atoms with Gasteiger partial charge in [-0.15, -0.1) is 0 Å². The molecule has 3 rings (SSSR count). The molecule has 3 aromatic rings. The quantitative estimate of drug-likeness (QED) is 0.494. The van der Waals surface area contributed by atoms with Crippen LogP contribution in [0.5, 0.6) is 0 Å². The average molecular weight is 394 g/mol. The molecular weight excluding hydrogens is 362 g/mol. The molecule has 29 heavy (non-hydrogen) atoms. The molecule has 0 amide bonds. The van der Waals surface area contributed by atoms with Gasteiger partial charge in [-0.25, -0.2) is 9.67 Å². The molecule has 0 saturated carbocycles. The number of guanidine groups is 1. The van der Waals surface area contributed by atoms with Gasteiger partial charge in [0.15, 0.2) is 5.96 Å². The van der Waals surface area contributed by atoms with Gasteiger partial charge >= 0.3 is 0 Å². The first-order chi connectivity index (χ1) is 14.0. The van der Waals surface area contributed by atoms with Gasteiger partial charge in [0.25, 0.3) is 0 Å². The highest BCUT2D eigenvalue weighted by atomic mass is 15.3. The Kier molecular flexibility index (Phi) is 6.69. The van der Waals surface area contributed by atoms with E-state index in [1.54, 1.807) is 6.20 Å². The molecule has 1 N–H and O–H groups in total. The average Bonchev–Trinajstić information content (AvgIpc) is 3.35. The van der Waals surface area contributed by atoms with Gasteiger partial charge in [0.2, 0.25) is 0 Å². The summed E-state index contributed by atoms with van der Waals surface area (Å²) in [5, 5.41) is 12.3. The number of aromatic nitrogens is 4. The molecule has 0 aliphatic heterocycles. The Balaban J connectivity index is 1.70. The van der Waals surface area contributed by atoms with Crippen LogP contribution in [-0.2, 0) is 20.1 Å². The summed E-state index contributed by atoms with van der Waals surface area (Å²) in [6.45, 7) is 8.66. The third-order valence-electron chi connectivity index (χ3n) is 4.70. The molecule has 0 unspecified atom stereocenters. The van der Waals surface area contributed by atoms with Crippen LogP contribution in [0.1, 0.15) is 43.5 Å². The first-order valence-corrected chi connectivity index (χ1v) is 10.1. The molecule has 0 atom stereocenters. The third-order valence-corrected chi connectivity index (χ3v) is 4.70. The lowest BCUT2D eigenvalue weighted by Gasteiger charge is -2.22. The molecule has 7 nitrogen and oxygen atoms in total. The molecule has 0 bridgehead atoms. The van der Waals surface area contributed by atoms with E-state index in [1.165, 1.54) is 5.56 Å². The number of nitrogens with one attached hydrogen (secondary N) is 1. The highest BCUT2D eigenvalue weighted by molar-refractivity contribution is 5.79. The van der Waals surface area contributed by atoms with Crippen LogP contribution in [0, 0.1) is 0 Å². The largest absolute Gasteiger partial charge is 0.357 e. The summed E-state index contributed by atoms with van der Waals surface area (Å²) in [5.41, 5.74) is 4.59. The Morgan fingerprint density at radius 2 is 2.00 bits per heavy atom. The van der Waals surface area contributed by atoms with Crippen molar-refractivity contribution >= 4 is 5.96 Å². The lowest BCUT2D eigenvalue weighted by atomic mass is 10.1. The molecule has 7 heteroatoms. The van der Waals surface area contributed by atoms with Gasteiger partial charge in [-0.1, -0.05) is 26.0 Å². The first kappa shape index (κ1) is 20.6. The second-order valence-electron chi connectivity index (χ2n) is 7.51. The number of rotatable bonds is 7. The first-order valence-electron chi connectivity index (χ1n) is 10.1. The second-order valence-corrected chi connectivity index (χ2v) is 7.51. The Labute approximate surface area is 173 Å². The van der Waals surface area contributed by atoms with Crippen LogP contribution in [0.3, 0.4) is 0 Å². The SMILES string of the molecule is CCNC(=NCc1ccc(-n2cccn2)cc1)N(C)Cc1cn(C)nc1C(C)C. The van der Waals surface area contributed by atoms with Crippen molar-refractivity contribution in [3.05, 3.63) is 65.7 Å². The predicted octanol–water partition coefficient (Wildman–Crippen LogP) is 3.33. The second kappa shape index (κ2) is 9.41. The maximum Gasteiger partial charge on any atom is 0.194 e. The molecule has 0 saturated heterocycles. The predicted molar refractivity (Wildman–Crippen MR) is 117 cm³/mol. The minimum Gasteiger partial charge on any atom is -0.357 e. The number of benzene rings is 1. The summed E-state index contributed by atoms with van der Waals surface area (Å²) >= 11 is 0. The van der Waals surface area contributed by atoms with E-state index in [0.29, 0.717) is 12.5 Å². The van der Waals surface area contributed by atoms with E-state index in [-0.39, 0.29) is 0 Å². The van der Waals surface area contributed by atoms with Crippen molar-refractivity contribution in [2.75, 3.05) is 13.6 Å². The third kappa shape index (κ3) is 5.25. The van der Waals surface area contributed by atoms with Crippen molar-refractivity contribution in [3.8, 4) is 5.69 Å². The van der Waals surface area contributed by atoms with Crippen molar-refractivity contribution in [1.82, 2.24) is 29.8 Å². The Hall–Kier alpha value is -3.09. The zero-order valence-corrected chi connectivity index (χ0v) is 18.0. The lowest BCUT2D eigenvalue weighted by Crippen LogP contribution is -2.38. The van der Waals surface area contributed by atoms with Crippen LogP contribution in [0.4, 0.5) is 0 Å². The van der Waals surface area contributed by atoms with E-state index < -0.39 is 0 Å². The van der Waals surface area contributed by atoms with E-state index in [1.807, 2.05) is 28.7 Å². The van der Waals surface area contributed by atoms with Crippen LogP contribution in [-0.4, -0.2) is 44.0 Å². The maximum absolute atomic E-state index is 4.84. The number of hydrogen-bond acceptors (Lipinski definition) is 3. The van der Waals surface area contributed by atoms with Crippen LogP contribution in [0.15, 0.2) is 53.9 Å². The van der Waals surface area contributed by atoms with Gasteiger partial charge in [-0.3, -0.25) is 4.68 Å². The Bertz CT molecular complexity index is 921. The van der Waals surface area contributed by atoms with E-state index in [0.717, 1.165) is 36.0 Å². The monoisotopic (exact) mass is 393 g/mol. The Morgan fingerprint density at radius 3 is 2.62 bits per heavy atom. The molecule has 2 aromatic heterocycles. The summed E-state index contributed by atoms with van der Waals surface area (Å²) in [4.78, 5) is 6.99. The fraction of sp³-hybridized carbons (Fsp3) is 0.409. The highest BCUT2D eigenvalue weighted by Crippen LogP contribution is 2.18. The molecule has 0 aliphatic carbocycles. The van der Waals surface area contributed by atoms with Gasteiger partial charge in [0.05, 0.1) is 17.9 Å². The van der Waals surface area contributed by atoms with Crippen molar-refractivity contribution in [2.24, 2.45) is 12.0 Å². The fourth-order valence-corrected chi connectivity index (χ4v) is 3.30. The normalized spacial score (nSPS) is 11.9. The van der Waals surface area contributed by atoms with Crippen molar-refractivity contribution in [3.63, 3.8) is 0 Å². The molecular formula is C22H31N7. The molecule has 2 heterocycles. The summed E-state index contributed by atoms with van der Waals surface area (Å²) in [5.74, 6) is 1.29. The Morgan fingerprint density at radius 1 is 1.24 bits per heavy atom. The summed E-state index contributed by atoms with van der Waals surface area (Å²) in [6.07, 6.45) is 5.82. The summed E-state index contributed by atoms with van der Waals surface area (Å²) in [7, 11) is 4.04. The number of nitrogens with zero attached hydrogens (tertiary/aromatic N) is 6. The van der Waals surface area contributed by atoms with Gasteiger partial charge in [-0.05, 0) is 36.6 Å². The zero-order valence-electron chi connectivity index (χ0n) is 18.0. The van der Waals surface area contributed by atoms with E-state index in [9.17, 15) is 0 Å². The van der Waals surface area contributed by atoms with Crippen molar-refractivity contribution < 1.29 is 0 Å². The zero-order chi connectivity index (χ0) is 20.8. The van der Waals surface area contributed by atoms with E-state index in [4.69, 9.17) is 4.99 Å². The lowest BCUT2D eigenvalue weighted by molar-refractivity contribution is 0.473. The van der Waals surface area contributed by atoms with Crippen molar-refractivity contribution in [2.45, 2.75) is 39.8 Å². The molecule has 0 fully saturated rings. The van der Waals surface area contributed by atoms with Gasteiger partial charge < -0.3 is 10.2 Å². The van der Waals surface area contributed by atoms with E-state index in [2.05, 4.69) is 78.7 Å². The van der Waals surface area contributed by atoms with Crippen molar-refractivity contribution in [1.29, 1.82) is 0 Å². The standard InChI is InChI=1S/C22H31N7/c1-6-23-22(27(4)15-19-16-28(5)26-21(19)17(2)3)24-14-18-8-10-20(11-9-18)29-13-7-12-25-29/h7-13,16-17H,6,14-15H2,1-5H3,(H,23,24). The molecule has 1 aromatic carbocycles.